The zero-order valence-corrected chi connectivity index (χ0v) is 8.89. The highest BCUT2D eigenvalue weighted by atomic mass is 35.5. The van der Waals surface area contributed by atoms with Gasteiger partial charge in [-0.25, -0.2) is 0 Å². The van der Waals surface area contributed by atoms with Gasteiger partial charge in [-0.1, -0.05) is 11.6 Å². The largest absolute Gasteiger partial charge is 0.493 e. The van der Waals surface area contributed by atoms with Crippen LogP contribution in [-0.2, 0) is 9.47 Å². The summed E-state index contributed by atoms with van der Waals surface area (Å²) in [7, 11) is 3.28. The summed E-state index contributed by atoms with van der Waals surface area (Å²) in [5.41, 5.74) is 2.24. The van der Waals surface area contributed by atoms with Crippen molar-refractivity contribution < 1.29 is 9.47 Å². The minimum atomic E-state index is 0.757. The molecule has 0 aromatic heterocycles. The molecule has 3 heteroatoms. The maximum absolute atomic E-state index is 5.94. The molecule has 2 rings (SSSR count). The second-order valence-corrected chi connectivity index (χ2v) is 3.63. The van der Waals surface area contributed by atoms with Crippen molar-refractivity contribution in [2.75, 3.05) is 14.2 Å². The van der Waals surface area contributed by atoms with Crippen molar-refractivity contribution in [2.24, 2.45) is 0 Å². The van der Waals surface area contributed by atoms with Crippen LogP contribution in [-0.4, -0.2) is 14.2 Å². The van der Waals surface area contributed by atoms with Crippen molar-refractivity contribution in [1.82, 2.24) is 0 Å². The van der Waals surface area contributed by atoms with E-state index in [1.54, 1.807) is 14.2 Å². The standard InChI is InChI=1S/C11H11ClO2/c1-13-10-6-7-5-8(12)3-4-9(7)11(10)14-2/h3-4,6H,5H2,1-2H3. The number of rotatable bonds is 2. The molecule has 0 aromatic rings. The van der Waals surface area contributed by atoms with Crippen molar-refractivity contribution >= 4 is 11.6 Å². The van der Waals surface area contributed by atoms with Gasteiger partial charge in [0.1, 0.15) is 0 Å². The van der Waals surface area contributed by atoms with Crippen LogP contribution in [0.1, 0.15) is 6.42 Å². The lowest BCUT2D eigenvalue weighted by atomic mass is 10.0. The van der Waals surface area contributed by atoms with Crippen LogP contribution in [0.4, 0.5) is 0 Å². The summed E-state index contributed by atoms with van der Waals surface area (Å²) >= 11 is 5.94. The van der Waals surface area contributed by atoms with E-state index in [-0.39, 0.29) is 0 Å². The summed E-state index contributed by atoms with van der Waals surface area (Å²) in [6, 6.07) is 0. The molecule has 0 aromatic carbocycles. The molecule has 2 nitrogen and oxygen atoms in total. The van der Waals surface area contributed by atoms with E-state index in [1.165, 1.54) is 0 Å². The predicted octanol–water partition coefficient (Wildman–Crippen LogP) is 2.88. The molecule has 0 unspecified atom stereocenters. The lowest BCUT2D eigenvalue weighted by Crippen LogP contribution is -1.97. The van der Waals surface area contributed by atoms with Gasteiger partial charge in [0.2, 0.25) is 0 Å². The highest BCUT2D eigenvalue weighted by Crippen LogP contribution is 2.38. The Bertz CT molecular complexity index is 386. The molecule has 0 amide bonds. The van der Waals surface area contributed by atoms with Gasteiger partial charge in [-0.3, -0.25) is 0 Å². The minimum absolute atomic E-state index is 0.757. The van der Waals surface area contributed by atoms with Crippen LogP contribution >= 0.6 is 11.6 Å². The van der Waals surface area contributed by atoms with Crippen molar-refractivity contribution in [3.05, 3.63) is 45.9 Å². The Kier molecular flexibility index (Phi) is 2.38. The fraction of sp³-hybridized carbons (Fsp3) is 0.273. The smallest absolute Gasteiger partial charge is 0.168 e. The molecule has 0 fully saturated rings. The monoisotopic (exact) mass is 210 g/mol. The molecule has 0 aliphatic heterocycles. The van der Waals surface area contributed by atoms with E-state index in [2.05, 4.69) is 0 Å². The number of ether oxygens (including phenoxy) is 2. The molecule has 0 bridgehead atoms. The first-order valence-electron chi connectivity index (χ1n) is 4.36. The second-order valence-electron chi connectivity index (χ2n) is 3.14. The minimum Gasteiger partial charge on any atom is -0.493 e. The van der Waals surface area contributed by atoms with E-state index in [1.807, 2.05) is 18.2 Å². The Balaban J connectivity index is 2.41. The van der Waals surface area contributed by atoms with Gasteiger partial charge < -0.3 is 9.47 Å². The maximum atomic E-state index is 5.94. The average Bonchev–Trinajstić information content (AvgIpc) is 2.54. The Morgan fingerprint density at radius 2 is 2.00 bits per heavy atom. The van der Waals surface area contributed by atoms with E-state index in [0.717, 1.165) is 34.1 Å². The van der Waals surface area contributed by atoms with E-state index in [4.69, 9.17) is 21.1 Å². The van der Waals surface area contributed by atoms with Gasteiger partial charge in [0.15, 0.2) is 11.5 Å². The number of fused-ring (bicyclic) bond motifs is 1. The van der Waals surface area contributed by atoms with Crippen LogP contribution in [0.3, 0.4) is 0 Å². The third-order valence-electron chi connectivity index (χ3n) is 2.33. The van der Waals surface area contributed by atoms with Gasteiger partial charge in [-0.15, -0.1) is 0 Å². The van der Waals surface area contributed by atoms with E-state index in [9.17, 15) is 0 Å². The highest BCUT2D eigenvalue weighted by Gasteiger charge is 2.25. The maximum Gasteiger partial charge on any atom is 0.168 e. The molecule has 0 saturated carbocycles. The fourth-order valence-corrected chi connectivity index (χ4v) is 1.89. The number of hydrogen-bond acceptors (Lipinski definition) is 2. The molecular weight excluding hydrogens is 200 g/mol. The molecule has 74 valence electrons. The molecular formula is C11H11ClO2. The van der Waals surface area contributed by atoms with Gasteiger partial charge in [0.25, 0.3) is 0 Å². The summed E-state index contributed by atoms with van der Waals surface area (Å²) in [4.78, 5) is 0. The van der Waals surface area contributed by atoms with Crippen molar-refractivity contribution in [3.63, 3.8) is 0 Å². The van der Waals surface area contributed by atoms with E-state index in [0.29, 0.717) is 0 Å². The number of methoxy groups -OCH3 is 2. The average molecular weight is 211 g/mol. The topological polar surface area (TPSA) is 18.5 Å². The zero-order valence-electron chi connectivity index (χ0n) is 8.13. The van der Waals surface area contributed by atoms with E-state index < -0.39 is 0 Å². The normalized spacial score (nSPS) is 19.8. The van der Waals surface area contributed by atoms with Crippen molar-refractivity contribution in [2.45, 2.75) is 6.42 Å². The van der Waals surface area contributed by atoms with Gasteiger partial charge in [0, 0.05) is 17.0 Å². The van der Waals surface area contributed by atoms with Crippen LogP contribution in [0.25, 0.3) is 0 Å². The molecule has 0 N–H and O–H groups in total. The first kappa shape index (κ1) is 9.41. The molecule has 0 radical (unpaired) electrons. The molecule has 14 heavy (non-hydrogen) atoms. The Morgan fingerprint density at radius 3 is 2.64 bits per heavy atom. The Hall–Kier alpha value is -1.15. The number of allylic oxidation sites excluding steroid dienone is 5. The molecule has 0 saturated heterocycles. The van der Waals surface area contributed by atoms with Crippen molar-refractivity contribution in [1.29, 1.82) is 0 Å². The summed E-state index contributed by atoms with van der Waals surface area (Å²) in [5, 5.41) is 0.841. The zero-order chi connectivity index (χ0) is 10.1. The van der Waals surface area contributed by atoms with Crippen LogP contribution in [0.5, 0.6) is 0 Å². The van der Waals surface area contributed by atoms with Crippen LogP contribution in [0, 0.1) is 0 Å². The third-order valence-corrected chi connectivity index (χ3v) is 2.59. The fourth-order valence-electron chi connectivity index (χ4n) is 1.69. The first-order chi connectivity index (χ1) is 6.76. The first-order valence-corrected chi connectivity index (χ1v) is 4.74. The molecule has 0 heterocycles. The van der Waals surface area contributed by atoms with Gasteiger partial charge in [-0.05, 0) is 23.8 Å². The quantitative estimate of drug-likeness (QED) is 0.698. The van der Waals surface area contributed by atoms with Gasteiger partial charge in [0.05, 0.1) is 14.2 Å². The van der Waals surface area contributed by atoms with Crippen LogP contribution in [0.15, 0.2) is 45.9 Å². The van der Waals surface area contributed by atoms with Crippen LogP contribution in [0.2, 0.25) is 0 Å². The molecule has 2 aliphatic carbocycles. The third kappa shape index (κ3) is 1.36. The lowest BCUT2D eigenvalue weighted by molar-refractivity contribution is 0.242. The molecule has 0 atom stereocenters. The lowest BCUT2D eigenvalue weighted by Gasteiger charge is -2.12. The predicted molar refractivity (Wildman–Crippen MR) is 55.8 cm³/mol. The van der Waals surface area contributed by atoms with Crippen molar-refractivity contribution in [3.8, 4) is 0 Å². The van der Waals surface area contributed by atoms with E-state index >= 15 is 0 Å². The summed E-state index contributed by atoms with van der Waals surface area (Å²) in [5.74, 6) is 1.57. The van der Waals surface area contributed by atoms with Crippen LogP contribution < -0.4 is 0 Å². The molecule has 2 aliphatic rings. The number of halogens is 1. The Morgan fingerprint density at radius 1 is 1.21 bits per heavy atom. The summed E-state index contributed by atoms with van der Waals surface area (Å²) in [6.45, 7) is 0. The summed E-state index contributed by atoms with van der Waals surface area (Å²) in [6.07, 6.45) is 6.58. The van der Waals surface area contributed by atoms with Gasteiger partial charge in [-0.2, -0.15) is 0 Å². The van der Waals surface area contributed by atoms with Gasteiger partial charge >= 0.3 is 0 Å². The SMILES string of the molecule is COC1=C(OC)C2=CC=C(Cl)CC2=C1. The Labute approximate surface area is 88.1 Å². The second kappa shape index (κ2) is 3.54. The molecule has 0 spiro atoms. The summed E-state index contributed by atoms with van der Waals surface area (Å²) < 4.78 is 10.5. The highest BCUT2D eigenvalue weighted by molar-refractivity contribution is 6.30. The number of hydrogen-bond donors (Lipinski definition) is 0.